The van der Waals surface area contributed by atoms with Crippen LogP contribution in [0, 0.1) is 13.8 Å². The zero-order valence-electron chi connectivity index (χ0n) is 17.7. The number of esters is 2. The van der Waals surface area contributed by atoms with Gasteiger partial charge in [-0.3, -0.25) is 0 Å². The average Bonchev–Trinajstić information content (AvgIpc) is 2.72. The van der Waals surface area contributed by atoms with Crippen molar-refractivity contribution in [3.63, 3.8) is 0 Å². The monoisotopic (exact) mass is 480 g/mol. The highest BCUT2D eigenvalue weighted by atomic mass is 32.2. The van der Waals surface area contributed by atoms with E-state index in [4.69, 9.17) is 9.47 Å². The highest BCUT2D eigenvalue weighted by Crippen LogP contribution is 2.13. The van der Waals surface area contributed by atoms with E-state index in [9.17, 15) is 26.4 Å². The lowest BCUT2D eigenvalue weighted by Crippen LogP contribution is -2.16. The summed E-state index contributed by atoms with van der Waals surface area (Å²) < 4.78 is 58.3. The van der Waals surface area contributed by atoms with Gasteiger partial charge in [-0.25, -0.2) is 26.4 Å². The molecule has 0 saturated heterocycles. The lowest BCUT2D eigenvalue weighted by atomic mass is 10.2. The van der Waals surface area contributed by atoms with Crippen molar-refractivity contribution in [3.8, 4) is 0 Å². The highest BCUT2D eigenvalue weighted by molar-refractivity contribution is 7.91. The molecule has 2 aromatic carbocycles. The smallest absolute Gasteiger partial charge is 0.331 e. The van der Waals surface area contributed by atoms with Crippen LogP contribution in [-0.4, -0.2) is 53.5 Å². The summed E-state index contributed by atoms with van der Waals surface area (Å²) in [6, 6.07) is 12.6. The number of aryl methyl sites for hydroxylation is 2. The van der Waals surface area contributed by atoms with Gasteiger partial charge in [0.2, 0.25) is 0 Å². The van der Waals surface area contributed by atoms with Crippen LogP contribution in [0.15, 0.2) is 70.5 Å². The molecule has 0 aliphatic carbocycles. The number of hydrogen-bond donors (Lipinski definition) is 0. The molecule has 0 aromatic heterocycles. The number of rotatable bonds is 10. The highest BCUT2D eigenvalue weighted by Gasteiger charge is 2.16. The molecule has 172 valence electrons. The quantitative estimate of drug-likeness (QED) is 0.375. The molecule has 2 rings (SSSR count). The summed E-state index contributed by atoms with van der Waals surface area (Å²) in [5, 5.41) is 0. The van der Waals surface area contributed by atoms with E-state index in [1.807, 2.05) is 13.8 Å². The minimum Gasteiger partial charge on any atom is -0.461 e. The van der Waals surface area contributed by atoms with Crippen molar-refractivity contribution in [2.24, 2.45) is 0 Å². The Kier molecular flexibility index (Phi) is 8.73. The summed E-state index contributed by atoms with van der Waals surface area (Å²) in [6.45, 7) is 2.89. The number of carbonyl (C=O) groups excluding carboxylic acids is 2. The van der Waals surface area contributed by atoms with Crippen LogP contribution in [0.2, 0.25) is 0 Å². The number of carbonyl (C=O) groups is 2. The van der Waals surface area contributed by atoms with Gasteiger partial charge in [0.1, 0.15) is 13.2 Å². The minimum atomic E-state index is -3.61. The van der Waals surface area contributed by atoms with Gasteiger partial charge < -0.3 is 9.47 Å². The Balaban J connectivity index is 1.74. The predicted octanol–water partition coefficient (Wildman–Crippen LogP) is 2.19. The number of ether oxygens (including phenoxy) is 2. The van der Waals surface area contributed by atoms with Crippen LogP contribution in [0.3, 0.4) is 0 Å². The molecule has 0 fully saturated rings. The van der Waals surface area contributed by atoms with Crippen LogP contribution >= 0.6 is 0 Å². The third kappa shape index (κ3) is 7.93. The van der Waals surface area contributed by atoms with Crippen molar-refractivity contribution in [2.75, 3.05) is 24.7 Å². The summed E-state index contributed by atoms with van der Waals surface area (Å²) in [5.41, 5.74) is 1.83. The summed E-state index contributed by atoms with van der Waals surface area (Å²) in [5.74, 6) is -2.66. The Morgan fingerprint density at radius 2 is 0.969 bits per heavy atom. The third-order valence-corrected chi connectivity index (χ3v) is 7.70. The van der Waals surface area contributed by atoms with E-state index in [0.717, 1.165) is 23.3 Å². The average molecular weight is 481 g/mol. The first-order chi connectivity index (χ1) is 15.0. The summed E-state index contributed by atoms with van der Waals surface area (Å²) in [4.78, 5) is 23.6. The van der Waals surface area contributed by atoms with Crippen molar-refractivity contribution < 1.29 is 35.9 Å². The molecule has 0 spiro atoms. The van der Waals surface area contributed by atoms with E-state index >= 15 is 0 Å². The van der Waals surface area contributed by atoms with Crippen molar-refractivity contribution in [2.45, 2.75) is 23.6 Å². The lowest BCUT2D eigenvalue weighted by Gasteiger charge is -2.06. The van der Waals surface area contributed by atoms with Crippen LogP contribution in [-0.2, 0) is 38.7 Å². The predicted molar refractivity (Wildman–Crippen MR) is 118 cm³/mol. The Morgan fingerprint density at radius 1 is 0.656 bits per heavy atom. The Bertz CT molecular complexity index is 1080. The van der Waals surface area contributed by atoms with E-state index < -0.39 is 43.1 Å². The summed E-state index contributed by atoms with van der Waals surface area (Å²) in [6.07, 6.45) is 1.57. The Labute approximate surface area is 187 Å². The van der Waals surface area contributed by atoms with Crippen molar-refractivity contribution in [3.05, 3.63) is 71.8 Å². The third-order valence-electron chi connectivity index (χ3n) is 4.31. The molecule has 0 atom stereocenters. The normalized spacial score (nSPS) is 11.9. The lowest BCUT2D eigenvalue weighted by molar-refractivity contribution is -0.139. The van der Waals surface area contributed by atoms with Gasteiger partial charge >= 0.3 is 11.9 Å². The largest absolute Gasteiger partial charge is 0.461 e. The molecule has 0 bridgehead atoms. The van der Waals surface area contributed by atoms with E-state index in [1.165, 1.54) is 24.3 Å². The van der Waals surface area contributed by atoms with Crippen LogP contribution < -0.4 is 0 Å². The van der Waals surface area contributed by atoms with Crippen LogP contribution in [0.1, 0.15) is 11.1 Å². The van der Waals surface area contributed by atoms with E-state index in [1.54, 1.807) is 24.3 Å². The molecule has 0 amide bonds. The first-order valence-electron chi connectivity index (χ1n) is 9.60. The molecule has 0 aliphatic rings. The number of sulfone groups is 2. The molecule has 0 saturated carbocycles. The van der Waals surface area contributed by atoms with Gasteiger partial charge in [-0.05, 0) is 38.1 Å². The topological polar surface area (TPSA) is 121 Å². The number of benzene rings is 2. The van der Waals surface area contributed by atoms with Gasteiger partial charge in [0.15, 0.2) is 19.7 Å². The fourth-order valence-electron chi connectivity index (χ4n) is 2.46. The molecular formula is C22H24O8S2. The maximum absolute atomic E-state index is 12.2. The first kappa shape index (κ1) is 25.3. The fourth-order valence-corrected chi connectivity index (χ4v) is 4.64. The van der Waals surface area contributed by atoms with Crippen molar-refractivity contribution in [1.82, 2.24) is 0 Å². The van der Waals surface area contributed by atoms with E-state index in [-0.39, 0.29) is 23.0 Å². The van der Waals surface area contributed by atoms with Crippen LogP contribution in [0.25, 0.3) is 0 Å². The molecule has 8 nitrogen and oxygen atoms in total. The second-order valence-corrected chi connectivity index (χ2v) is 11.2. The van der Waals surface area contributed by atoms with Gasteiger partial charge in [0, 0.05) is 12.2 Å². The zero-order valence-corrected chi connectivity index (χ0v) is 19.3. The molecule has 0 aliphatic heterocycles. The van der Waals surface area contributed by atoms with E-state index in [2.05, 4.69) is 0 Å². The molecule has 32 heavy (non-hydrogen) atoms. The van der Waals surface area contributed by atoms with Gasteiger partial charge in [-0.2, -0.15) is 0 Å². The van der Waals surface area contributed by atoms with Crippen molar-refractivity contribution in [1.29, 1.82) is 0 Å². The first-order valence-corrected chi connectivity index (χ1v) is 12.9. The Morgan fingerprint density at radius 3 is 1.28 bits per heavy atom. The van der Waals surface area contributed by atoms with Crippen LogP contribution in [0.4, 0.5) is 0 Å². The summed E-state index contributed by atoms with van der Waals surface area (Å²) >= 11 is 0. The standard InChI is InChI=1S/C22H24O8S2/c1-17-3-7-19(8-4-17)31(25,26)15-13-29-21(23)11-12-22(24)30-14-16-32(27,28)20-9-5-18(2)6-10-20/h3-12H,13-16H2,1-2H3/b12-11-. The molecule has 0 N–H and O–H groups in total. The second kappa shape index (κ2) is 11.1. The SMILES string of the molecule is Cc1ccc(S(=O)(=O)CCOC(=O)/C=C\C(=O)OCCS(=O)(=O)c2ccc(C)cc2)cc1. The maximum atomic E-state index is 12.2. The maximum Gasteiger partial charge on any atom is 0.331 e. The van der Waals surface area contributed by atoms with Gasteiger partial charge in [0.05, 0.1) is 21.3 Å². The summed E-state index contributed by atoms with van der Waals surface area (Å²) in [7, 11) is -7.21. The molecule has 0 unspecified atom stereocenters. The second-order valence-electron chi connectivity index (χ2n) is 6.93. The minimum absolute atomic E-state index is 0.124. The molecule has 10 heteroatoms. The van der Waals surface area contributed by atoms with E-state index in [0.29, 0.717) is 0 Å². The molecule has 0 heterocycles. The fraction of sp³-hybridized carbons (Fsp3) is 0.273. The van der Waals surface area contributed by atoms with Gasteiger partial charge in [-0.1, -0.05) is 35.4 Å². The van der Waals surface area contributed by atoms with Gasteiger partial charge in [0.25, 0.3) is 0 Å². The van der Waals surface area contributed by atoms with Gasteiger partial charge in [-0.15, -0.1) is 0 Å². The Hall–Kier alpha value is -2.98. The number of hydrogen-bond acceptors (Lipinski definition) is 8. The van der Waals surface area contributed by atoms with Crippen LogP contribution in [0.5, 0.6) is 0 Å². The zero-order chi connectivity index (χ0) is 23.8. The van der Waals surface area contributed by atoms with Crippen molar-refractivity contribution >= 4 is 31.6 Å². The molecular weight excluding hydrogens is 456 g/mol. The molecule has 2 aromatic rings. The molecule has 0 radical (unpaired) electrons.